The first-order valence-corrected chi connectivity index (χ1v) is 8.66. The van der Waals surface area contributed by atoms with Crippen LogP contribution in [0.4, 0.5) is 4.79 Å². The Bertz CT molecular complexity index is 789. The molecule has 6 heteroatoms. The number of fused-ring (bicyclic) bond motifs is 3. The minimum atomic E-state index is -0.579. The minimum Gasteiger partial charge on any atom is -0.444 e. The number of H-pyrrole nitrogens is 1. The fourth-order valence-corrected chi connectivity index (χ4v) is 3.25. The molecule has 0 saturated carbocycles. The molecule has 6 nitrogen and oxygen atoms in total. The first-order valence-electron chi connectivity index (χ1n) is 8.66. The van der Waals surface area contributed by atoms with Gasteiger partial charge in [-0.05, 0) is 45.2 Å². The topological polar surface area (TPSA) is 83.2 Å². The summed E-state index contributed by atoms with van der Waals surface area (Å²) in [6, 6.07) is 8.35. The van der Waals surface area contributed by atoms with Gasteiger partial charge in [-0.1, -0.05) is 18.2 Å². The van der Waals surface area contributed by atoms with Gasteiger partial charge in [-0.15, -0.1) is 0 Å². The number of aryl methyl sites for hydroxylation is 1. The molecule has 1 atom stereocenters. The minimum absolute atomic E-state index is 0.0773. The van der Waals surface area contributed by atoms with Crippen molar-refractivity contribution in [3.05, 3.63) is 35.5 Å². The molecule has 2 amide bonds. The van der Waals surface area contributed by atoms with Crippen molar-refractivity contribution < 1.29 is 14.3 Å². The van der Waals surface area contributed by atoms with E-state index < -0.39 is 11.7 Å². The van der Waals surface area contributed by atoms with Gasteiger partial charge in [-0.3, -0.25) is 4.79 Å². The molecule has 3 rings (SSSR count). The molecule has 0 spiro atoms. The number of amides is 2. The SMILES string of the molecule is CC(C)(C)OC(=O)NCC(=O)NC1CCc2c([nH]c3ccccc23)C1. The van der Waals surface area contributed by atoms with Gasteiger partial charge in [0.05, 0.1) is 0 Å². The number of alkyl carbamates (subject to hydrolysis) is 1. The van der Waals surface area contributed by atoms with Gasteiger partial charge in [0.25, 0.3) is 0 Å². The predicted molar refractivity (Wildman–Crippen MR) is 96.5 cm³/mol. The molecule has 134 valence electrons. The lowest BCUT2D eigenvalue weighted by Gasteiger charge is -2.24. The van der Waals surface area contributed by atoms with E-state index in [1.165, 1.54) is 16.6 Å². The zero-order valence-corrected chi connectivity index (χ0v) is 14.9. The molecule has 2 aromatic rings. The highest BCUT2D eigenvalue weighted by atomic mass is 16.6. The van der Waals surface area contributed by atoms with E-state index in [0.717, 1.165) is 24.8 Å². The summed E-state index contributed by atoms with van der Waals surface area (Å²) in [5.41, 5.74) is 3.12. The fraction of sp³-hybridized carbons (Fsp3) is 0.474. The van der Waals surface area contributed by atoms with Gasteiger partial charge in [0, 0.05) is 29.1 Å². The Hall–Kier alpha value is -2.50. The molecule has 0 saturated heterocycles. The number of benzene rings is 1. The van der Waals surface area contributed by atoms with E-state index in [4.69, 9.17) is 4.74 Å². The Balaban J connectivity index is 1.53. The molecule has 1 aliphatic rings. The highest BCUT2D eigenvalue weighted by Crippen LogP contribution is 2.28. The summed E-state index contributed by atoms with van der Waals surface area (Å²) in [4.78, 5) is 27.1. The normalized spacial score (nSPS) is 17.0. The van der Waals surface area contributed by atoms with Crippen molar-refractivity contribution in [2.45, 2.75) is 51.7 Å². The highest BCUT2D eigenvalue weighted by molar-refractivity contribution is 5.85. The average molecular weight is 343 g/mol. The van der Waals surface area contributed by atoms with E-state index in [1.54, 1.807) is 20.8 Å². The molecule has 1 aromatic carbocycles. The molecule has 0 fully saturated rings. The van der Waals surface area contributed by atoms with E-state index in [9.17, 15) is 9.59 Å². The van der Waals surface area contributed by atoms with Crippen LogP contribution >= 0.6 is 0 Å². The van der Waals surface area contributed by atoms with Gasteiger partial charge in [-0.25, -0.2) is 4.79 Å². The quantitative estimate of drug-likeness (QED) is 0.801. The number of nitrogens with one attached hydrogen (secondary N) is 3. The van der Waals surface area contributed by atoms with Crippen LogP contribution < -0.4 is 10.6 Å². The second kappa shape index (κ2) is 6.78. The second-order valence-corrected chi connectivity index (χ2v) is 7.49. The number of aromatic nitrogens is 1. The van der Waals surface area contributed by atoms with E-state index in [1.807, 2.05) is 12.1 Å². The van der Waals surface area contributed by atoms with Crippen LogP contribution in [0, 0.1) is 0 Å². The van der Waals surface area contributed by atoms with Crippen molar-refractivity contribution in [1.82, 2.24) is 15.6 Å². The molecule has 1 heterocycles. The third-order valence-corrected chi connectivity index (χ3v) is 4.25. The van der Waals surface area contributed by atoms with Crippen LogP contribution in [0.15, 0.2) is 24.3 Å². The molecule has 0 radical (unpaired) electrons. The third-order valence-electron chi connectivity index (χ3n) is 4.25. The summed E-state index contributed by atoms with van der Waals surface area (Å²) < 4.78 is 5.12. The van der Waals surface area contributed by atoms with E-state index >= 15 is 0 Å². The smallest absolute Gasteiger partial charge is 0.408 e. The van der Waals surface area contributed by atoms with Gasteiger partial charge in [0.1, 0.15) is 12.1 Å². The number of hydrogen-bond donors (Lipinski definition) is 3. The summed E-state index contributed by atoms with van der Waals surface area (Å²) >= 11 is 0. The van der Waals surface area contributed by atoms with Crippen LogP contribution in [0.5, 0.6) is 0 Å². The number of aromatic amines is 1. The monoisotopic (exact) mass is 343 g/mol. The number of hydrogen-bond acceptors (Lipinski definition) is 3. The van der Waals surface area contributed by atoms with Gasteiger partial charge in [-0.2, -0.15) is 0 Å². The molecule has 1 aromatic heterocycles. The van der Waals surface area contributed by atoms with Crippen LogP contribution in [0.2, 0.25) is 0 Å². The number of rotatable bonds is 3. The van der Waals surface area contributed by atoms with Crippen LogP contribution in [0.25, 0.3) is 10.9 Å². The Kier molecular flexibility index (Phi) is 4.70. The summed E-state index contributed by atoms with van der Waals surface area (Å²) in [5.74, 6) is -0.199. The van der Waals surface area contributed by atoms with Gasteiger partial charge >= 0.3 is 6.09 Å². The molecule has 3 N–H and O–H groups in total. The zero-order chi connectivity index (χ0) is 18.0. The molecule has 0 bridgehead atoms. The van der Waals surface area contributed by atoms with Crippen LogP contribution in [-0.4, -0.2) is 35.2 Å². The lowest BCUT2D eigenvalue weighted by molar-refractivity contribution is -0.121. The van der Waals surface area contributed by atoms with Crippen molar-refractivity contribution in [1.29, 1.82) is 0 Å². The van der Waals surface area contributed by atoms with Crippen molar-refractivity contribution in [3.8, 4) is 0 Å². The molecule has 25 heavy (non-hydrogen) atoms. The number of carbonyl (C=O) groups excluding carboxylic acids is 2. The summed E-state index contributed by atoms with van der Waals surface area (Å²) in [5, 5.41) is 6.75. The third kappa shape index (κ3) is 4.32. The van der Waals surface area contributed by atoms with Crippen molar-refractivity contribution in [3.63, 3.8) is 0 Å². The summed E-state index contributed by atoms with van der Waals surface area (Å²) in [7, 11) is 0. The standard InChI is InChI=1S/C19H25N3O3/c1-19(2,3)25-18(24)20-11-17(23)21-12-8-9-14-13-6-4-5-7-15(13)22-16(14)10-12/h4-7,12,22H,8-11H2,1-3H3,(H,20,24)(H,21,23). The van der Waals surface area contributed by atoms with Crippen molar-refractivity contribution >= 4 is 22.9 Å². The van der Waals surface area contributed by atoms with Crippen LogP contribution in [0.3, 0.4) is 0 Å². The largest absolute Gasteiger partial charge is 0.444 e. The Morgan fingerprint density at radius 2 is 2.04 bits per heavy atom. The second-order valence-electron chi connectivity index (χ2n) is 7.49. The first-order chi connectivity index (χ1) is 11.8. The van der Waals surface area contributed by atoms with Crippen molar-refractivity contribution in [2.24, 2.45) is 0 Å². The zero-order valence-electron chi connectivity index (χ0n) is 14.9. The maximum absolute atomic E-state index is 12.1. The Morgan fingerprint density at radius 1 is 1.28 bits per heavy atom. The number of ether oxygens (including phenoxy) is 1. The van der Waals surface area contributed by atoms with Crippen LogP contribution in [0.1, 0.15) is 38.4 Å². The molecule has 0 aliphatic heterocycles. The maximum Gasteiger partial charge on any atom is 0.408 e. The first kappa shape index (κ1) is 17.3. The molecular weight excluding hydrogens is 318 g/mol. The lowest BCUT2D eigenvalue weighted by atomic mass is 9.92. The van der Waals surface area contributed by atoms with Gasteiger partial charge < -0.3 is 20.4 Å². The van der Waals surface area contributed by atoms with Gasteiger partial charge in [0.2, 0.25) is 5.91 Å². The number of carbonyl (C=O) groups is 2. The Labute approximate surface area is 147 Å². The lowest BCUT2D eigenvalue weighted by Crippen LogP contribution is -2.45. The molecule has 1 aliphatic carbocycles. The predicted octanol–water partition coefficient (Wildman–Crippen LogP) is 2.67. The van der Waals surface area contributed by atoms with Crippen LogP contribution in [-0.2, 0) is 22.4 Å². The van der Waals surface area contributed by atoms with E-state index in [0.29, 0.717) is 0 Å². The van der Waals surface area contributed by atoms with Gasteiger partial charge in [0.15, 0.2) is 0 Å². The van der Waals surface area contributed by atoms with Crippen molar-refractivity contribution in [2.75, 3.05) is 6.54 Å². The average Bonchev–Trinajstić information content (AvgIpc) is 2.89. The van der Waals surface area contributed by atoms with E-state index in [2.05, 4.69) is 27.8 Å². The van der Waals surface area contributed by atoms with E-state index in [-0.39, 0.29) is 18.5 Å². The molecule has 1 unspecified atom stereocenters. The number of para-hydroxylation sites is 1. The molecular formula is C19H25N3O3. The Morgan fingerprint density at radius 3 is 2.80 bits per heavy atom. The summed E-state index contributed by atoms with van der Waals surface area (Å²) in [6.07, 6.45) is 2.03. The highest BCUT2D eigenvalue weighted by Gasteiger charge is 2.24. The fourth-order valence-electron chi connectivity index (χ4n) is 3.25. The maximum atomic E-state index is 12.1. The summed E-state index contributed by atoms with van der Waals surface area (Å²) in [6.45, 7) is 5.27.